The number of aliphatic hydroxyl groups is 1. The van der Waals surface area contributed by atoms with Gasteiger partial charge in [-0.2, -0.15) is 0 Å². The van der Waals surface area contributed by atoms with Crippen LogP contribution < -0.4 is 0 Å². The molecular weight excluding hydrogens is 314 g/mol. The van der Waals surface area contributed by atoms with Gasteiger partial charge in [0.15, 0.2) is 0 Å². The molecule has 134 valence electrons. The number of imidazole rings is 1. The third-order valence-electron chi connectivity index (χ3n) is 5.86. The van der Waals surface area contributed by atoms with E-state index in [-0.39, 0.29) is 18.6 Å². The van der Waals surface area contributed by atoms with Crippen molar-refractivity contribution in [3.8, 4) is 0 Å². The lowest BCUT2D eigenvalue weighted by atomic mass is 9.88. The van der Waals surface area contributed by atoms with Crippen LogP contribution in [0.2, 0.25) is 0 Å². The highest BCUT2D eigenvalue weighted by molar-refractivity contribution is 5.81. The Hall–Kier alpha value is -1.88. The summed E-state index contributed by atoms with van der Waals surface area (Å²) in [4.78, 5) is 19.7. The Balaban J connectivity index is 1.66. The van der Waals surface area contributed by atoms with Crippen LogP contribution in [-0.4, -0.2) is 44.7 Å². The van der Waals surface area contributed by atoms with Crippen molar-refractivity contribution in [2.75, 3.05) is 13.2 Å². The molecule has 1 saturated carbocycles. The Labute approximate surface area is 148 Å². The van der Waals surface area contributed by atoms with Crippen molar-refractivity contribution in [1.82, 2.24) is 14.5 Å². The Morgan fingerprint density at radius 3 is 2.72 bits per heavy atom. The van der Waals surface area contributed by atoms with Crippen LogP contribution >= 0.6 is 0 Å². The monoisotopic (exact) mass is 341 g/mol. The lowest BCUT2D eigenvalue weighted by Crippen LogP contribution is -2.39. The van der Waals surface area contributed by atoms with Crippen LogP contribution in [0.25, 0.3) is 11.0 Å². The molecule has 1 aromatic carbocycles. The van der Waals surface area contributed by atoms with Crippen molar-refractivity contribution in [2.45, 2.75) is 63.5 Å². The van der Waals surface area contributed by atoms with Gasteiger partial charge in [-0.15, -0.1) is 0 Å². The van der Waals surface area contributed by atoms with E-state index in [1.165, 1.54) is 32.1 Å². The number of aliphatic hydroxyl groups excluding tert-OH is 1. The lowest BCUT2D eigenvalue weighted by Gasteiger charge is -2.26. The second-order valence-electron chi connectivity index (χ2n) is 7.45. The van der Waals surface area contributed by atoms with Gasteiger partial charge < -0.3 is 14.6 Å². The number of carbonyl (C=O) groups is 1. The van der Waals surface area contributed by atoms with Crippen LogP contribution in [0.15, 0.2) is 24.3 Å². The minimum Gasteiger partial charge on any atom is -0.394 e. The number of fused-ring (bicyclic) bond motifs is 1. The molecule has 1 amide bonds. The normalized spacial score (nSPS) is 22.0. The van der Waals surface area contributed by atoms with Crippen LogP contribution in [-0.2, 0) is 11.3 Å². The fraction of sp³-hybridized carbons (Fsp3) is 0.600. The zero-order valence-electron chi connectivity index (χ0n) is 14.7. The van der Waals surface area contributed by atoms with Gasteiger partial charge in [0.25, 0.3) is 0 Å². The van der Waals surface area contributed by atoms with E-state index >= 15 is 0 Å². The van der Waals surface area contributed by atoms with E-state index in [1.807, 2.05) is 23.1 Å². The van der Waals surface area contributed by atoms with Crippen LogP contribution in [0.1, 0.15) is 56.7 Å². The van der Waals surface area contributed by atoms with Gasteiger partial charge in [-0.3, -0.25) is 4.79 Å². The second kappa shape index (κ2) is 7.16. The van der Waals surface area contributed by atoms with Gasteiger partial charge in [-0.25, -0.2) is 4.98 Å². The molecule has 2 fully saturated rings. The van der Waals surface area contributed by atoms with Crippen molar-refractivity contribution in [2.24, 2.45) is 0 Å². The number of benzene rings is 1. The van der Waals surface area contributed by atoms with Crippen LogP contribution in [0.3, 0.4) is 0 Å². The summed E-state index contributed by atoms with van der Waals surface area (Å²) in [5, 5.41) is 9.53. The van der Waals surface area contributed by atoms with Gasteiger partial charge in [0.05, 0.1) is 23.7 Å². The molecule has 0 spiro atoms. The average Bonchev–Trinajstić information content (AvgIpc) is 3.27. The van der Waals surface area contributed by atoms with E-state index in [0.29, 0.717) is 12.5 Å². The summed E-state index contributed by atoms with van der Waals surface area (Å²) in [6, 6.07) is 8.11. The number of aromatic nitrogens is 2. The first-order chi connectivity index (χ1) is 12.3. The quantitative estimate of drug-likeness (QED) is 0.930. The Morgan fingerprint density at radius 2 is 1.92 bits per heavy atom. The number of carbonyl (C=O) groups excluding carboxylic acids is 1. The molecule has 1 N–H and O–H groups in total. The third-order valence-corrected chi connectivity index (χ3v) is 5.86. The van der Waals surface area contributed by atoms with Gasteiger partial charge >= 0.3 is 0 Å². The Bertz CT molecular complexity index is 748. The summed E-state index contributed by atoms with van der Waals surface area (Å²) in [5.74, 6) is 1.65. The number of nitrogens with zero attached hydrogens (tertiary/aromatic N) is 3. The molecule has 2 heterocycles. The molecule has 25 heavy (non-hydrogen) atoms. The van der Waals surface area contributed by atoms with E-state index in [9.17, 15) is 9.90 Å². The van der Waals surface area contributed by atoms with Gasteiger partial charge in [-0.05, 0) is 37.8 Å². The molecule has 5 nitrogen and oxygen atoms in total. The van der Waals surface area contributed by atoms with E-state index in [2.05, 4.69) is 10.6 Å². The van der Waals surface area contributed by atoms with Crippen LogP contribution in [0.5, 0.6) is 0 Å². The van der Waals surface area contributed by atoms with E-state index < -0.39 is 0 Å². The number of rotatable bonds is 4. The molecule has 2 aliphatic rings. The van der Waals surface area contributed by atoms with Gasteiger partial charge in [0, 0.05) is 12.5 Å². The van der Waals surface area contributed by atoms with Crippen molar-refractivity contribution >= 4 is 16.9 Å². The maximum absolute atomic E-state index is 12.9. The van der Waals surface area contributed by atoms with Crippen LogP contribution in [0.4, 0.5) is 0 Å². The fourth-order valence-electron chi connectivity index (χ4n) is 4.51. The zero-order chi connectivity index (χ0) is 17.2. The standard InChI is InChI=1S/C20H27N3O2/c24-14-16-9-6-12-22(16)19(25)13-23-18-11-5-4-10-17(18)21-20(23)15-7-2-1-3-8-15/h4-5,10-11,15-16,24H,1-3,6-9,12-14H2/t16-/m1/s1. The predicted octanol–water partition coefficient (Wildman–Crippen LogP) is 3.07. The van der Waals surface area contributed by atoms with Crippen molar-refractivity contribution < 1.29 is 9.90 Å². The molecule has 1 aliphatic carbocycles. The van der Waals surface area contributed by atoms with Crippen molar-refractivity contribution in [3.63, 3.8) is 0 Å². The van der Waals surface area contributed by atoms with E-state index in [0.717, 1.165) is 36.2 Å². The maximum atomic E-state index is 12.9. The summed E-state index contributed by atoms with van der Waals surface area (Å²) in [6.45, 7) is 1.16. The highest BCUT2D eigenvalue weighted by Gasteiger charge is 2.30. The molecule has 0 bridgehead atoms. The first-order valence-electron chi connectivity index (χ1n) is 9.63. The second-order valence-corrected chi connectivity index (χ2v) is 7.45. The molecule has 1 atom stereocenters. The summed E-state index contributed by atoms with van der Waals surface area (Å²) in [6.07, 6.45) is 8.03. The van der Waals surface area contributed by atoms with E-state index in [1.54, 1.807) is 0 Å². The summed E-state index contributed by atoms with van der Waals surface area (Å²) < 4.78 is 2.14. The smallest absolute Gasteiger partial charge is 0.242 e. The zero-order valence-corrected chi connectivity index (χ0v) is 14.7. The molecule has 1 saturated heterocycles. The number of hydrogen-bond acceptors (Lipinski definition) is 3. The number of amides is 1. The minimum absolute atomic E-state index is 0.0135. The van der Waals surface area contributed by atoms with Crippen LogP contribution in [0, 0.1) is 0 Å². The molecule has 4 rings (SSSR count). The highest BCUT2D eigenvalue weighted by Crippen LogP contribution is 2.34. The molecule has 0 radical (unpaired) electrons. The SMILES string of the molecule is O=C(Cn1c(C2CCCCC2)nc2ccccc21)N1CCC[C@@H]1CO. The number of likely N-dealkylation sites (tertiary alicyclic amines) is 1. The van der Waals surface area contributed by atoms with Crippen molar-refractivity contribution in [1.29, 1.82) is 0 Å². The molecule has 5 heteroatoms. The summed E-state index contributed by atoms with van der Waals surface area (Å²) >= 11 is 0. The minimum atomic E-state index is -0.0135. The molecule has 1 aromatic heterocycles. The van der Waals surface area contributed by atoms with Crippen molar-refractivity contribution in [3.05, 3.63) is 30.1 Å². The topological polar surface area (TPSA) is 58.4 Å². The Kier molecular flexibility index (Phi) is 4.75. The highest BCUT2D eigenvalue weighted by atomic mass is 16.3. The van der Waals surface area contributed by atoms with Gasteiger partial charge in [0.1, 0.15) is 12.4 Å². The first-order valence-corrected chi connectivity index (χ1v) is 9.63. The molecule has 1 aliphatic heterocycles. The first kappa shape index (κ1) is 16.6. The molecular formula is C20H27N3O2. The molecule has 0 unspecified atom stereocenters. The number of para-hydroxylation sites is 2. The maximum Gasteiger partial charge on any atom is 0.242 e. The molecule has 2 aromatic rings. The summed E-state index contributed by atoms with van der Waals surface area (Å²) in [7, 11) is 0. The number of hydrogen-bond donors (Lipinski definition) is 1. The van der Waals surface area contributed by atoms with Gasteiger partial charge in [0.2, 0.25) is 5.91 Å². The fourth-order valence-corrected chi connectivity index (χ4v) is 4.51. The Morgan fingerprint density at radius 1 is 1.12 bits per heavy atom. The third kappa shape index (κ3) is 3.17. The predicted molar refractivity (Wildman–Crippen MR) is 97.4 cm³/mol. The summed E-state index contributed by atoms with van der Waals surface area (Å²) in [5.41, 5.74) is 2.03. The van der Waals surface area contributed by atoms with Gasteiger partial charge in [-0.1, -0.05) is 31.4 Å². The average molecular weight is 341 g/mol. The lowest BCUT2D eigenvalue weighted by molar-refractivity contribution is -0.133. The largest absolute Gasteiger partial charge is 0.394 e. The van der Waals surface area contributed by atoms with E-state index in [4.69, 9.17) is 4.98 Å².